The standard InChI is InChI=1S/C25H23N3O4/c1-29-22-12-5-3-8-16(22)20-14-31-24(27-20)18-10-7-11-19(26-18)25-28-21(15-32-25)17-9-4-6-13-23(17)30-2/h3-13,20-21H,14-15H2,1-2H3/t20-,21-/m0/s1. The van der Waals surface area contributed by atoms with E-state index in [1.807, 2.05) is 66.7 Å². The Morgan fingerprint density at radius 1 is 0.656 bits per heavy atom. The smallest absolute Gasteiger partial charge is 0.236 e. The molecular weight excluding hydrogens is 406 g/mol. The van der Waals surface area contributed by atoms with E-state index >= 15 is 0 Å². The van der Waals surface area contributed by atoms with E-state index in [4.69, 9.17) is 33.9 Å². The molecule has 3 heterocycles. The zero-order valence-corrected chi connectivity index (χ0v) is 17.9. The number of rotatable bonds is 6. The summed E-state index contributed by atoms with van der Waals surface area (Å²) in [5.41, 5.74) is 3.27. The second-order valence-corrected chi connectivity index (χ2v) is 7.41. The minimum absolute atomic E-state index is 0.137. The summed E-state index contributed by atoms with van der Waals surface area (Å²) >= 11 is 0. The summed E-state index contributed by atoms with van der Waals surface area (Å²) in [7, 11) is 3.32. The molecule has 2 aromatic carbocycles. The Morgan fingerprint density at radius 3 is 1.59 bits per heavy atom. The van der Waals surface area contributed by atoms with E-state index in [1.165, 1.54) is 0 Å². The minimum Gasteiger partial charge on any atom is -0.496 e. The van der Waals surface area contributed by atoms with E-state index in [1.54, 1.807) is 14.2 Å². The van der Waals surface area contributed by atoms with Crippen LogP contribution in [-0.4, -0.2) is 44.2 Å². The second-order valence-electron chi connectivity index (χ2n) is 7.41. The lowest BCUT2D eigenvalue weighted by Gasteiger charge is -2.10. The lowest BCUT2D eigenvalue weighted by molar-refractivity contribution is 0.313. The first-order chi connectivity index (χ1) is 15.8. The minimum atomic E-state index is -0.137. The van der Waals surface area contributed by atoms with Crippen LogP contribution in [0.15, 0.2) is 76.7 Å². The summed E-state index contributed by atoms with van der Waals surface area (Å²) in [5, 5.41) is 0. The lowest BCUT2D eigenvalue weighted by atomic mass is 10.1. The molecule has 0 saturated heterocycles. The van der Waals surface area contributed by atoms with Crippen molar-refractivity contribution in [3.8, 4) is 11.5 Å². The van der Waals surface area contributed by atoms with Gasteiger partial charge in [0.25, 0.3) is 0 Å². The predicted octanol–water partition coefficient (Wildman–Crippen LogP) is 4.14. The van der Waals surface area contributed by atoms with Crippen LogP contribution in [0.4, 0.5) is 0 Å². The summed E-state index contributed by atoms with van der Waals surface area (Å²) in [6, 6.07) is 21.1. The van der Waals surface area contributed by atoms with Crippen LogP contribution in [0.2, 0.25) is 0 Å². The molecule has 162 valence electrons. The molecule has 0 saturated carbocycles. The zero-order chi connectivity index (χ0) is 21.9. The van der Waals surface area contributed by atoms with E-state index in [9.17, 15) is 0 Å². The SMILES string of the molecule is COc1ccccc1[C@@H]1COC(c2cccc(C3=N[C@H](c4ccccc4OC)CO3)n2)=N1. The average molecular weight is 429 g/mol. The van der Waals surface area contributed by atoms with Gasteiger partial charge in [0.05, 0.1) is 14.2 Å². The number of aliphatic imine (C=N–C) groups is 2. The summed E-state index contributed by atoms with van der Waals surface area (Å²) in [5.74, 6) is 2.60. The molecule has 0 amide bonds. The number of hydrogen-bond acceptors (Lipinski definition) is 7. The Kier molecular flexibility index (Phi) is 5.46. The molecule has 7 nitrogen and oxygen atoms in total. The summed E-state index contributed by atoms with van der Waals surface area (Å²) < 4.78 is 22.7. The van der Waals surface area contributed by atoms with E-state index < -0.39 is 0 Å². The van der Waals surface area contributed by atoms with Crippen molar-refractivity contribution >= 4 is 11.8 Å². The monoisotopic (exact) mass is 429 g/mol. The Bertz CT molecular complexity index is 1100. The van der Waals surface area contributed by atoms with Gasteiger partial charge < -0.3 is 18.9 Å². The van der Waals surface area contributed by atoms with Crippen molar-refractivity contribution in [2.24, 2.45) is 9.98 Å². The fourth-order valence-electron chi connectivity index (χ4n) is 3.90. The molecule has 0 fully saturated rings. The highest BCUT2D eigenvalue weighted by Crippen LogP contribution is 2.33. The molecule has 1 aromatic heterocycles. The van der Waals surface area contributed by atoms with E-state index in [-0.39, 0.29) is 12.1 Å². The van der Waals surface area contributed by atoms with Crippen LogP contribution in [0.1, 0.15) is 34.6 Å². The first kappa shape index (κ1) is 20.1. The third kappa shape index (κ3) is 3.77. The van der Waals surface area contributed by atoms with Crippen LogP contribution >= 0.6 is 0 Å². The molecule has 0 aliphatic carbocycles. The maximum Gasteiger partial charge on any atom is 0.236 e. The number of methoxy groups -OCH3 is 2. The number of para-hydroxylation sites is 2. The number of aromatic nitrogens is 1. The molecule has 0 bridgehead atoms. The molecule has 3 aromatic rings. The lowest BCUT2D eigenvalue weighted by Crippen LogP contribution is -2.10. The maximum absolute atomic E-state index is 5.88. The van der Waals surface area contributed by atoms with Gasteiger partial charge in [-0.25, -0.2) is 15.0 Å². The predicted molar refractivity (Wildman–Crippen MR) is 121 cm³/mol. The van der Waals surface area contributed by atoms with Crippen molar-refractivity contribution in [3.05, 3.63) is 89.2 Å². The Balaban J connectivity index is 1.40. The highest BCUT2D eigenvalue weighted by Gasteiger charge is 2.27. The van der Waals surface area contributed by atoms with Crippen molar-refractivity contribution in [1.82, 2.24) is 4.98 Å². The van der Waals surface area contributed by atoms with E-state index in [2.05, 4.69) is 0 Å². The van der Waals surface area contributed by atoms with E-state index in [0.717, 1.165) is 22.6 Å². The highest BCUT2D eigenvalue weighted by molar-refractivity contribution is 5.97. The number of pyridine rings is 1. The maximum atomic E-state index is 5.88. The molecule has 7 heteroatoms. The van der Waals surface area contributed by atoms with Crippen LogP contribution < -0.4 is 9.47 Å². The molecule has 0 unspecified atom stereocenters. The van der Waals surface area contributed by atoms with Gasteiger partial charge in [0.1, 0.15) is 48.2 Å². The van der Waals surface area contributed by atoms with Crippen molar-refractivity contribution in [2.75, 3.05) is 27.4 Å². The second kappa shape index (κ2) is 8.70. The summed E-state index contributed by atoms with van der Waals surface area (Å²) in [4.78, 5) is 14.2. The Labute approximate surface area is 186 Å². The number of nitrogens with zero attached hydrogens (tertiary/aromatic N) is 3. The molecule has 0 N–H and O–H groups in total. The molecule has 0 radical (unpaired) electrons. The third-order valence-corrected chi connectivity index (χ3v) is 5.49. The average Bonchev–Trinajstić information content (AvgIpc) is 3.54. The van der Waals surface area contributed by atoms with Gasteiger partial charge in [0.15, 0.2) is 0 Å². The van der Waals surface area contributed by atoms with Gasteiger partial charge >= 0.3 is 0 Å². The quantitative estimate of drug-likeness (QED) is 0.589. The van der Waals surface area contributed by atoms with Gasteiger partial charge in [-0.1, -0.05) is 42.5 Å². The van der Waals surface area contributed by atoms with Crippen LogP contribution in [0.5, 0.6) is 11.5 Å². The molecule has 5 rings (SSSR count). The number of ether oxygens (including phenoxy) is 4. The molecule has 2 aliphatic rings. The number of benzene rings is 2. The molecule has 2 atom stereocenters. The van der Waals surface area contributed by atoms with Crippen LogP contribution in [0.25, 0.3) is 0 Å². The normalized spacial score (nSPS) is 19.6. The summed E-state index contributed by atoms with van der Waals surface area (Å²) in [6.45, 7) is 0.879. The van der Waals surface area contributed by atoms with Gasteiger partial charge in [0, 0.05) is 11.1 Å². The van der Waals surface area contributed by atoms with Gasteiger partial charge in [-0.2, -0.15) is 0 Å². The Morgan fingerprint density at radius 2 is 1.12 bits per heavy atom. The van der Waals surface area contributed by atoms with E-state index in [0.29, 0.717) is 36.4 Å². The van der Waals surface area contributed by atoms with Crippen LogP contribution in [-0.2, 0) is 9.47 Å². The van der Waals surface area contributed by atoms with Crippen LogP contribution in [0.3, 0.4) is 0 Å². The van der Waals surface area contributed by atoms with Crippen molar-refractivity contribution < 1.29 is 18.9 Å². The fraction of sp³-hybridized carbons (Fsp3) is 0.240. The number of hydrogen-bond donors (Lipinski definition) is 0. The molecule has 0 spiro atoms. The van der Waals surface area contributed by atoms with Crippen molar-refractivity contribution in [3.63, 3.8) is 0 Å². The summed E-state index contributed by atoms with van der Waals surface area (Å²) in [6.07, 6.45) is 0. The first-order valence-corrected chi connectivity index (χ1v) is 10.4. The zero-order valence-electron chi connectivity index (χ0n) is 17.9. The van der Waals surface area contributed by atoms with Crippen molar-refractivity contribution in [1.29, 1.82) is 0 Å². The molecule has 32 heavy (non-hydrogen) atoms. The van der Waals surface area contributed by atoms with Gasteiger partial charge in [-0.15, -0.1) is 0 Å². The van der Waals surface area contributed by atoms with Crippen LogP contribution in [0, 0.1) is 0 Å². The van der Waals surface area contributed by atoms with Crippen molar-refractivity contribution in [2.45, 2.75) is 12.1 Å². The van der Waals surface area contributed by atoms with Gasteiger partial charge in [-0.05, 0) is 24.3 Å². The largest absolute Gasteiger partial charge is 0.496 e. The molecular formula is C25H23N3O4. The third-order valence-electron chi connectivity index (χ3n) is 5.49. The highest BCUT2D eigenvalue weighted by atomic mass is 16.5. The van der Waals surface area contributed by atoms with Gasteiger partial charge in [0.2, 0.25) is 11.8 Å². The van der Waals surface area contributed by atoms with Gasteiger partial charge in [-0.3, -0.25) is 0 Å². The first-order valence-electron chi connectivity index (χ1n) is 10.4. The Hall–Kier alpha value is -3.87. The fourth-order valence-corrected chi connectivity index (χ4v) is 3.90. The topological polar surface area (TPSA) is 74.5 Å². The molecule has 2 aliphatic heterocycles.